The summed E-state index contributed by atoms with van der Waals surface area (Å²) in [6.07, 6.45) is 6.69. The Morgan fingerprint density at radius 1 is 0.302 bits per heavy atom. The number of carbonyl (C=O) groups is 4. The highest BCUT2D eigenvalue weighted by molar-refractivity contribution is 7.88. The van der Waals surface area contributed by atoms with Gasteiger partial charge in [-0.2, -0.15) is 73.7 Å². The predicted octanol–water partition coefficient (Wildman–Crippen LogP) is 15.8. The molecular weight excluding hydrogens is 1720 g/mol. The van der Waals surface area contributed by atoms with Crippen LogP contribution in [0.15, 0.2) is 307 Å². The quantitative estimate of drug-likeness (QED) is 0.00642. The Kier molecular flexibility index (Phi) is 38.0. The number of ether oxygens (including phenoxy) is 4. The zero-order chi connectivity index (χ0) is 92.5. The van der Waals surface area contributed by atoms with Crippen molar-refractivity contribution in [3.63, 3.8) is 0 Å². The summed E-state index contributed by atoms with van der Waals surface area (Å²) in [6, 6.07) is 73.8. The van der Waals surface area contributed by atoms with Crippen LogP contribution in [0.2, 0.25) is 0 Å². The SMILES string of the molecule is CCOC(=O)/C(C#N)=C\c1ccc(OS(=O)(=O)c2ccc(C)cc2)cc1.CCOC(=O)/C(C#N)=C\c1cccc(OS(=O)(=O)c2ccccc2)c1.Cc1ccc(OS(=O)(=O)c2ccc(C=C(C#N)C#N)cc2)cc1.N#CC(C#N)=Cc1ccc(S(=O)(=O)Oc2ccccc2)cc1.[C-]#[N+]c1ccc(S(=O)(=O)Oc2ccc(C=C(C(=O)OCC)C(=O)OCC)cc2)cc1. The van der Waals surface area contributed by atoms with Crippen LogP contribution in [0.4, 0.5) is 5.69 Å². The summed E-state index contributed by atoms with van der Waals surface area (Å²) in [5, 5.41) is 52.8. The number of esters is 4. The minimum Gasteiger partial charge on any atom is -0.462 e. The third kappa shape index (κ3) is 31.8. The molecule has 0 bridgehead atoms. The number of benzene rings is 10. The van der Waals surface area contributed by atoms with Crippen LogP contribution < -0.4 is 20.9 Å². The average Bonchev–Trinajstić information content (AvgIpc) is 0.833. The fourth-order valence-corrected chi connectivity index (χ4v) is 14.3. The summed E-state index contributed by atoms with van der Waals surface area (Å²) in [7, 11) is -19.8. The van der Waals surface area contributed by atoms with Crippen LogP contribution in [-0.2, 0) is 88.7 Å². The van der Waals surface area contributed by atoms with E-state index in [0.29, 0.717) is 33.5 Å². The maximum atomic E-state index is 12.4. The first kappa shape index (κ1) is 98.8. The van der Waals surface area contributed by atoms with E-state index in [0.717, 1.165) is 11.1 Å². The number of hydrogen-bond acceptors (Lipinski definition) is 29. The number of carbonyl (C=O) groups excluding carboxylic acids is 4. The monoisotopic (exact) mass is 1790 g/mol. The highest BCUT2D eigenvalue weighted by atomic mass is 32.2. The maximum Gasteiger partial charge on any atom is 0.348 e. The zero-order valence-corrected chi connectivity index (χ0v) is 71.6. The molecule has 0 aliphatic carbocycles. The first-order valence-electron chi connectivity index (χ1n) is 36.7. The van der Waals surface area contributed by atoms with Gasteiger partial charge >= 0.3 is 74.5 Å². The molecule has 0 spiro atoms. The molecule has 10 aromatic rings. The summed E-state index contributed by atoms with van der Waals surface area (Å²) in [5.74, 6) is -2.40. The molecule has 0 radical (unpaired) electrons. The topological polar surface area (TPSA) is 469 Å². The molecule has 0 N–H and O–H groups in total. The van der Waals surface area contributed by atoms with Crippen molar-refractivity contribution in [1.82, 2.24) is 0 Å². The molecule has 640 valence electrons. The Labute approximate surface area is 729 Å². The van der Waals surface area contributed by atoms with Gasteiger partial charge < -0.3 is 39.9 Å². The van der Waals surface area contributed by atoms with E-state index in [1.54, 1.807) is 161 Å². The lowest BCUT2D eigenvalue weighted by molar-refractivity contribution is -0.146. The standard InChI is InChI=1S/C21H19NO7S.C19H17NO5S.C18H15NO5S.C17H12N2O3S.C16H10N2O3S/c1-4-27-20(23)19(21(24)28-5-2)14-15-6-10-17(11-7-15)29-30(25,26)18-12-8-16(22-3)9-13-18;1-3-24-19(21)16(13-20)12-15-6-8-17(9-7-15)25-26(22,23)18-10-4-14(2)5-11-18;1-2-23-18(20)15(13-19)11-14-7-6-8-16(12-14)24-25(21,22)17-9-4-3-5-10-17;1-13-2-6-16(7-3-13)22-23(20,21)17-8-4-14(5-9-17)10-15(11-18)12-19;17-11-14(12-18)10-13-6-8-16(9-7-13)22(19,20)21-15-4-2-1-3-5-15/h6-14H,4-5H2,1-2H3;4-12H,3H2,1-2H3;3-12H,2H2,1H3;2-10H,1H3;1-10H/b;16-12-;15-11-;;. The van der Waals surface area contributed by atoms with Gasteiger partial charge in [0.1, 0.15) is 118 Å². The molecule has 35 heteroatoms. The van der Waals surface area contributed by atoms with E-state index in [1.807, 2.05) is 13.8 Å². The molecule has 126 heavy (non-hydrogen) atoms. The number of rotatable bonds is 28. The molecule has 10 aromatic carbocycles. The number of allylic oxidation sites excluding steroid dienone is 2. The van der Waals surface area contributed by atoms with E-state index >= 15 is 0 Å². The van der Waals surface area contributed by atoms with Crippen molar-refractivity contribution in [2.75, 3.05) is 26.4 Å². The van der Waals surface area contributed by atoms with Crippen molar-refractivity contribution in [2.45, 2.75) is 66.0 Å². The first-order chi connectivity index (χ1) is 60.1. The van der Waals surface area contributed by atoms with Gasteiger partial charge in [0, 0.05) is 0 Å². The Hall–Kier alpha value is -16.0. The van der Waals surface area contributed by atoms with Gasteiger partial charge in [-0.25, -0.2) is 24.0 Å². The molecule has 0 amide bonds. The van der Waals surface area contributed by atoms with Crippen LogP contribution in [0.25, 0.3) is 35.2 Å². The van der Waals surface area contributed by atoms with Gasteiger partial charge in [-0.15, -0.1) is 0 Å². The van der Waals surface area contributed by atoms with E-state index in [4.69, 9.17) is 78.0 Å². The Bertz CT molecular complexity index is 6580. The molecule has 10 rings (SSSR count). The second-order valence-electron chi connectivity index (χ2n) is 24.7. The second kappa shape index (κ2) is 48.4. The number of para-hydroxylation sites is 1. The van der Waals surface area contributed by atoms with Crippen LogP contribution >= 0.6 is 0 Å². The molecule has 0 saturated carbocycles. The fourth-order valence-electron chi connectivity index (χ4n) is 9.60. The van der Waals surface area contributed by atoms with Gasteiger partial charge in [-0.05, 0) is 209 Å². The van der Waals surface area contributed by atoms with Crippen molar-refractivity contribution in [2.24, 2.45) is 0 Å². The molecule has 0 aliphatic rings. The largest absolute Gasteiger partial charge is 0.462 e. The van der Waals surface area contributed by atoms with Gasteiger partial charge in [0.15, 0.2) is 5.69 Å². The molecule has 0 heterocycles. The Morgan fingerprint density at radius 3 is 0.921 bits per heavy atom. The summed E-state index contributed by atoms with van der Waals surface area (Å²) < 4.78 is 167. The molecular formula is C91H73N7O23S5. The average molecular weight is 1790 g/mol. The van der Waals surface area contributed by atoms with Crippen LogP contribution in [-0.4, -0.2) is 92.4 Å². The molecule has 0 aromatic heterocycles. The van der Waals surface area contributed by atoms with Crippen LogP contribution in [0, 0.1) is 88.4 Å². The van der Waals surface area contributed by atoms with Crippen molar-refractivity contribution < 1.29 is 101 Å². The lowest BCUT2D eigenvalue weighted by Crippen LogP contribution is -2.18. The van der Waals surface area contributed by atoms with Crippen molar-refractivity contribution >= 4 is 111 Å². The summed E-state index contributed by atoms with van der Waals surface area (Å²) >= 11 is 0. The van der Waals surface area contributed by atoms with Crippen LogP contribution in [0.5, 0.6) is 28.7 Å². The Balaban J connectivity index is 0.000000244. The van der Waals surface area contributed by atoms with Crippen molar-refractivity contribution in [3.05, 3.63) is 333 Å². The third-order valence-corrected chi connectivity index (χ3v) is 21.9. The Morgan fingerprint density at radius 2 is 0.571 bits per heavy atom. The normalized spacial score (nSPS) is 10.8. The van der Waals surface area contributed by atoms with Gasteiger partial charge in [0.2, 0.25) is 0 Å². The highest BCUT2D eigenvalue weighted by Gasteiger charge is 2.24. The van der Waals surface area contributed by atoms with E-state index < -0.39 is 74.5 Å². The van der Waals surface area contributed by atoms with Gasteiger partial charge in [-0.3, -0.25) is 0 Å². The number of aryl methyl sites for hydroxylation is 2. The molecule has 30 nitrogen and oxygen atoms in total. The second-order valence-corrected chi connectivity index (χ2v) is 32.5. The van der Waals surface area contributed by atoms with Gasteiger partial charge in [-0.1, -0.05) is 157 Å². The molecule has 0 unspecified atom stereocenters. The minimum absolute atomic E-state index is 0.00862. The van der Waals surface area contributed by atoms with E-state index in [2.05, 4.69) is 4.85 Å². The third-order valence-electron chi connectivity index (χ3n) is 15.6. The van der Waals surface area contributed by atoms with Crippen LogP contribution in [0.1, 0.15) is 66.6 Å². The molecule has 0 atom stereocenters. The fraction of sp³-hybridized carbons (Fsp3) is 0.110. The molecule has 0 aliphatic heterocycles. The van der Waals surface area contributed by atoms with Crippen molar-refractivity contribution in [3.8, 4) is 65.2 Å². The first-order valence-corrected chi connectivity index (χ1v) is 43.8. The number of hydrogen-bond donors (Lipinski definition) is 0. The molecule has 0 saturated heterocycles. The lowest BCUT2D eigenvalue weighted by atomic mass is 10.1. The minimum atomic E-state index is -4.08. The van der Waals surface area contributed by atoms with Crippen LogP contribution in [0.3, 0.4) is 0 Å². The maximum absolute atomic E-state index is 12.4. The summed E-state index contributed by atoms with van der Waals surface area (Å²) in [5.41, 5.74) is 4.03. The highest BCUT2D eigenvalue weighted by Crippen LogP contribution is 2.28. The smallest absolute Gasteiger partial charge is 0.348 e. The van der Waals surface area contributed by atoms with Crippen molar-refractivity contribution in [1.29, 1.82) is 31.6 Å². The van der Waals surface area contributed by atoms with E-state index in [9.17, 15) is 61.3 Å². The number of nitriles is 6. The predicted molar refractivity (Wildman–Crippen MR) is 459 cm³/mol. The molecule has 0 fully saturated rings. The van der Waals surface area contributed by atoms with Gasteiger partial charge in [0.25, 0.3) is 0 Å². The van der Waals surface area contributed by atoms with E-state index in [1.165, 1.54) is 188 Å². The number of nitrogens with zero attached hydrogens (tertiary/aromatic N) is 7. The zero-order valence-electron chi connectivity index (χ0n) is 67.5. The lowest BCUT2D eigenvalue weighted by Gasteiger charge is -2.08. The van der Waals surface area contributed by atoms with E-state index in [-0.39, 0.29) is 108 Å². The van der Waals surface area contributed by atoms with Gasteiger partial charge in [0.05, 0.1) is 33.0 Å². The summed E-state index contributed by atoms with van der Waals surface area (Å²) in [4.78, 5) is 50.4. The summed E-state index contributed by atoms with van der Waals surface area (Å²) in [6.45, 7) is 17.7.